The van der Waals surface area contributed by atoms with E-state index in [1.165, 1.54) is 15.5 Å². The molecule has 0 radical (unpaired) electrons. The van der Waals surface area contributed by atoms with Crippen molar-refractivity contribution in [3.63, 3.8) is 0 Å². The van der Waals surface area contributed by atoms with Crippen LogP contribution in [0, 0.1) is 0 Å². The predicted octanol–water partition coefficient (Wildman–Crippen LogP) is -0.296. The Morgan fingerprint density at radius 1 is 0.837 bits per heavy atom. The fourth-order valence-corrected chi connectivity index (χ4v) is 7.24. The number of aliphatic hydroxyl groups excluding tert-OH is 2. The van der Waals surface area contributed by atoms with Crippen molar-refractivity contribution in [1.29, 1.82) is 0 Å². The maximum absolute atomic E-state index is 13.1. The predicted molar refractivity (Wildman–Crippen MR) is 139 cm³/mol. The topological polar surface area (TPSA) is 252 Å². The van der Waals surface area contributed by atoms with Gasteiger partial charge in [0.25, 0.3) is 5.56 Å². The summed E-state index contributed by atoms with van der Waals surface area (Å²) in [5, 5.41) is 22.1. The lowest BCUT2D eigenvalue weighted by Crippen LogP contribution is -2.36. The van der Waals surface area contributed by atoms with Crippen LogP contribution in [0.15, 0.2) is 48.0 Å². The number of phosphoric acid groups is 2. The van der Waals surface area contributed by atoms with Gasteiger partial charge in [0.05, 0.1) is 43.2 Å². The van der Waals surface area contributed by atoms with Gasteiger partial charge < -0.3 is 39.0 Å². The zero-order valence-electron chi connectivity index (χ0n) is 21.7. The van der Waals surface area contributed by atoms with Crippen LogP contribution in [0.5, 0.6) is 0 Å². The minimum atomic E-state index is -5.00. The maximum atomic E-state index is 13.1. The number of nitrogens with one attached hydrogen (secondary N) is 1. The Morgan fingerprint density at radius 3 is 2.30 bits per heavy atom. The van der Waals surface area contributed by atoms with E-state index >= 15 is 0 Å². The molecular formula is C22H24N6O13P2. The maximum Gasteiger partial charge on any atom is 0.472 e. The second-order valence-electron chi connectivity index (χ2n) is 9.98. The number of benzene rings is 1. The molecule has 5 N–H and O–H groups in total. The molecular weight excluding hydrogens is 618 g/mol. The number of aromatic nitrogens is 6. The van der Waals surface area contributed by atoms with Gasteiger partial charge in [-0.05, 0) is 12.1 Å². The lowest BCUT2D eigenvalue weighted by Gasteiger charge is -2.26. The molecule has 0 saturated carbocycles. The van der Waals surface area contributed by atoms with Crippen molar-refractivity contribution < 1.29 is 56.7 Å². The smallest absolute Gasteiger partial charge is 0.387 e. The molecule has 3 aliphatic rings. The van der Waals surface area contributed by atoms with E-state index in [9.17, 15) is 33.9 Å². The molecule has 19 nitrogen and oxygen atoms in total. The molecule has 43 heavy (non-hydrogen) atoms. The monoisotopic (exact) mass is 642 g/mol. The number of phosphoric ester groups is 2. The van der Waals surface area contributed by atoms with E-state index < -0.39 is 83.5 Å². The van der Waals surface area contributed by atoms with Crippen LogP contribution in [0.3, 0.4) is 0 Å². The normalized spacial score (nSPS) is 38.9. The zero-order valence-corrected chi connectivity index (χ0v) is 23.5. The highest BCUT2D eigenvalue weighted by Gasteiger charge is 2.53. The van der Waals surface area contributed by atoms with Crippen molar-refractivity contribution in [1.82, 2.24) is 29.1 Å². The molecule has 1 aromatic carbocycles. The summed E-state index contributed by atoms with van der Waals surface area (Å²) in [7, 11) is -10.0. The average Bonchev–Trinajstić information content (AvgIpc) is 3.72. The number of ether oxygens (including phenoxy) is 2. The van der Waals surface area contributed by atoms with Crippen LogP contribution in [0.1, 0.15) is 12.5 Å². The molecule has 6 heterocycles. The van der Waals surface area contributed by atoms with Gasteiger partial charge in [-0.3, -0.25) is 27.5 Å². The molecule has 3 fully saturated rings. The minimum Gasteiger partial charge on any atom is -0.387 e. The summed E-state index contributed by atoms with van der Waals surface area (Å²) in [5.74, 6) is 0. The van der Waals surface area contributed by atoms with Gasteiger partial charge in [0.15, 0.2) is 23.6 Å². The summed E-state index contributed by atoms with van der Waals surface area (Å²) >= 11 is 0. The van der Waals surface area contributed by atoms with Gasteiger partial charge in [0.2, 0.25) is 0 Å². The molecule has 0 amide bonds. The van der Waals surface area contributed by atoms with Gasteiger partial charge in [-0.25, -0.2) is 24.1 Å². The average molecular weight is 642 g/mol. The van der Waals surface area contributed by atoms with Crippen molar-refractivity contribution >= 4 is 37.8 Å². The van der Waals surface area contributed by atoms with E-state index in [2.05, 4.69) is 19.9 Å². The lowest BCUT2D eigenvalue weighted by atomic mass is 10.1. The minimum absolute atomic E-state index is 0.0166. The molecule has 3 saturated heterocycles. The standard InChI is InChI=1S/C22H24N6O13P2/c29-15-12-5-36-42(32,33)40-17-13(39-21(16(17)30)28-9-26-14-19(28)23-7-24-20(14)31)6-37-43(34,35)41-18(15)22(38-12)27-8-25-10-3-1-2-4-11(10)27/h1-4,7-9,12-13,15-18,21-22,29-30H,5-6H2,(H,32,33)(H,34,35)(H,23,24,31)/t12-,13-,15?,16?,17?,18?,21-,22-/m1/s1. The quantitative estimate of drug-likeness (QED) is 0.176. The van der Waals surface area contributed by atoms with Crippen LogP contribution >= 0.6 is 15.6 Å². The first-order valence-electron chi connectivity index (χ1n) is 12.8. The summed E-state index contributed by atoms with van der Waals surface area (Å²) in [6.45, 7) is -1.51. The summed E-state index contributed by atoms with van der Waals surface area (Å²) in [6, 6.07) is 6.91. The molecule has 10 atom stereocenters. The third-order valence-electron chi connectivity index (χ3n) is 7.33. The number of fused-ring (bicyclic) bond motifs is 5. The highest BCUT2D eigenvalue weighted by atomic mass is 31.2. The molecule has 3 aromatic heterocycles. The van der Waals surface area contributed by atoms with Crippen molar-refractivity contribution in [2.24, 2.45) is 0 Å². The van der Waals surface area contributed by atoms with E-state index in [1.54, 1.807) is 24.3 Å². The number of H-pyrrole nitrogens is 1. The van der Waals surface area contributed by atoms with Gasteiger partial charge in [-0.2, -0.15) is 0 Å². The molecule has 4 aromatic rings. The zero-order chi connectivity index (χ0) is 30.1. The number of nitrogens with zero attached hydrogens (tertiary/aromatic N) is 5. The number of para-hydroxylation sites is 2. The van der Waals surface area contributed by atoms with Gasteiger partial charge in [0.1, 0.15) is 36.6 Å². The molecule has 0 aliphatic carbocycles. The number of hydrogen-bond donors (Lipinski definition) is 5. The van der Waals surface area contributed by atoms with E-state index in [4.69, 9.17) is 27.6 Å². The Hall–Kier alpha value is -2.90. The van der Waals surface area contributed by atoms with Gasteiger partial charge in [-0.1, -0.05) is 12.1 Å². The first kappa shape index (κ1) is 28.8. The third kappa shape index (κ3) is 5.16. The van der Waals surface area contributed by atoms with Crippen molar-refractivity contribution in [2.75, 3.05) is 13.2 Å². The van der Waals surface area contributed by atoms with E-state index in [1.807, 2.05) is 0 Å². The second-order valence-corrected chi connectivity index (χ2v) is 12.8. The van der Waals surface area contributed by atoms with Crippen LogP contribution in [0.4, 0.5) is 0 Å². The van der Waals surface area contributed by atoms with Crippen molar-refractivity contribution in [3.05, 3.63) is 53.6 Å². The van der Waals surface area contributed by atoms with Crippen molar-refractivity contribution in [2.45, 2.75) is 49.1 Å². The second kappa shape index (κ2) is 10.6. The first-order valence-corrected chi connectivity index (χ1v) is 15.8. The van der Waals surface area contributed by atoms with Gasteiger partial charge in [0, 0.05) is 0 Å². The first-order chi connectivity index (χ1) is 20.5. The molecule has 7 rings (SSSR count). The lowest BCUT2D eigenvalue weighted by molar-refractivity contribution is -0.0671. The summed E-state index contributed by atoms with van der Waals surface area (Å²) in [5.41, 5.74) is 0.491. The number of aliphatic hydroxyl groups is 2. The largest absolute Gasteiger partial charge is 0.472 e. The molecule has 21 heteroatoms. The third-order valence-corrected chi connectivity index (χ3v) is 9.30. The highest BCUT2D eigenvalue weighted by Crippen LogP contribution is 2.53. The SMILES string of the molecule is O=c1[nH]cnc2c1ncn2[C@@H]1O[C@@H]2COP(=O)(O)OC3C(O)[C@@H](COP(=O)(O)OC2C1O)O[C@H]3n1cnc2ccccc21. The Morgan fingerprint density at radius 2 is 1.51 bits per heavy atom. The van der Waals surface area contributed by atoms with Crippen LogP contribution in [0.25, 0.3) is 22.2 Å². The Kier molecular flexibility index (Phi) is 7.13. The van der Waals surface area contributed by atoms with Crippen LogP contribution in [-0.4, -0.2) is 98.9 Å². The number of aromatic amines is 1. The van der Waals surface area contributed by atoms with Crippen LogP contribution in [-0.2, 0) is 36.7 Å². The van der Waals surface area contributed by atoms with E-state index in [0.29, 0.717) is 11.0 Å². The Balaban J connectivity index is 1.20. The summed E-state index contributed by atoms with van der Waals surface area (Å²) in [6.07, 6.45) is -8.27. The van der Waals surface area contributed by atoms with Gasteiger partial charge in [-0.15, -0.1) is 0 Å². The fraction of sp³-hybridized carbons (Fsp3) is 0.455. The van der Waals surface area contributed by atoms with Crippen LogP contribution in [0.2, 0.25) is 0 Å². The number of rotatable bonds is 2. The number of hydrogen-bond acceptors (Lipinski definition) is 14. The van der Waals surface area contributed by atoms with E-state index in [0.717, 1.165) is 12.7 Å². The Bertz CT molecular complexity index is 1830. The molecule has 0 spiro atoms. The molecule has 2 bridgehead atoms. The summed E-state index contributed by atoms with van der Waals surface area (Å²) < 4.78 is 61.5. The fourth-order valence-electron chi connectivity index (χ4n) is 5.34. The molecule has 6 unspecified atom stereocenters. The number of imidazole rings is 2. The van der Waals surface area contributed by atoms with Crippen LogP contribution < -0.4 is 5.56 Å². The molecule has 230 valence electrons. The van der Waals surface area contributed by atoms with Gasteiger partial charge >= 0.3 is 15.6 Å². The Labute approximate surface area is 239 Å². The van der Waals surface area contributed by atoms with Crippen molar-refractivity contribution in [3.8, 4) is 0 Å². The van der Waals surface area contributed by atoms with E-state index in [-0.39, 0.29) is 11.2 Å². The molecule has 3 aliphatic heterocycles. The highest BCUT2D eigenvalue weighted by molar-refractivity contribution is 7.47. The summed E-state index contributed by atoms with van der Waals surface area (Å²) in [4.78, 5) is 47.9.